The quantitative estimate of drug-likeness (QED) is 0.601. The molecule has 0 saturated carbocycles. The van der Waals surface area contributed by atoms with E-state index in [0.717, 1.165) is 28.8 Å². The van der Waals surface area contributed by atoms with Crippen molar-refractivity contribution in [1.29, 1.82) is 5.26 Å². The lowest BCUT2D eigenvalue weighted by atomic mass is 9.91. The van der Waals surface area contributed by atoms with Gasteiger partial charge in [0, 0.05) is 37.2 Å². The van der Waals surface area contributed by atoms with Crippen molar-refractivity contribution in [2.45, 2.75) is 32.7 Å². The summed E-state index contributed by atoms with van der Waals surface area (Å²) < 4.78 is 0. The van der Waals surface area contributed by atoms with Crippen LogP contribution in [0.2, 0.25) is 0 Å². The minimum absolute atomic E-state index is 0.0210. The Balaban J connectivity index is 1.31. The largest absolute Gasteiger partial charge is 0.338 e. The summed E-state index contributed by atoms with van der Waals surface area (Å²) in [4.78, 5) is 38.1. The highest BCUT2D eigenvalue weighted by molar-refractivity contribution is 6.12. The maximum absolute atomic E-state index is 13.3. The van der Waals surface area contributed by atoms with Crippen LogP contribution in [0, 0.1) is 24.2 Å². The smallest absolute Gasteiger partial charge is 0.259 e. The molecule has 0 spiro atoms. The summed E-state index contributed by atoms with van der Waals surface area (Å²) in [5, 5.41) is 9.28. The van der Waals surface area contributed by atoms with Gasteiger partial charge in [0.25, 0.3) is 11.8 Å². The van der Waals surface area contributed by atoms with E-state index < -0.39 is 5.54 Å². The molecule has 1 aromatic carbocycles. The molecule has 0 unspecified atom stereocenters. The molecule has 7 heteroatoms. The van der Waals surface area contributed by atoms with Crippen LogP contribution in [0.4, 0.5) is 5.69 Å². The van der Waals surface area contributed by atoms with Crippen LogP contribution >= 0.6 is 0 Å². The molecule has 170 valence electrons. The summed E-state index contributed by atoms with van der Waals surface area (Å²) >= 11 is 0. The molecule has 2 aliphatic rings. The number of anilines is 1. The first-order valence-electron chi connectivity index (χ1n) is 11.3. The van der Waals surface area contributed by atoms with Crippen molar-refractivity contribution in [3.63, 3.8) is 0 Å². The van der Waals surface area contributed by atoms with Gasteiger partial charge in [-0.3, -0.25) is 24.5 Å². The summed E-state index contributed by atoms with van der Waals surface area (Å²) in [5.41, 5.74) is 4.76. The topological polar surface area (TPSA) is 90.2 Å². The van der Waals surface area contributed by atoms with Crippen molar-refractivity contribution in [2.24, 2.45) is 5.92 Å². The number of amides is 2. The minimum Gasteiger partial charge on any atom is -0.338 e. The highest BCUT2D eigenvalue weighted by atomic mass is 16.2. The molecule has 2 aromatic heterocycles. The molecule has 0 aliphatic carbocycles. The highest BCUT2D eigenvalue weighted by Gasteiger charge is 2.44. The number of hydrogen-bond acceptors (Lipinski definition) is 5. The van der Waals surface area contributed by atoms with Gasteiger partial charge in [-0.15, -0.1) is 0 Å². The van der Waals surface area contributed by atoms with Crippen LogP contribution in [0.25, 0.3) is 0 Å². The average molecular weight is 452 g/mol. The minimum atomic E-state index is -0.596. The Hall–Kier alpha value is -4.05. The van der Waals surface area contributed by atoms with Gasteiger partial charge in [0.15, 0.2) is 0 Å². The summed E-state index contributed by atoms with van der Waals surface area (Å²) in [5.74, 6) is 0.277. The van der Waals surface area contributed by atoms with Crippen LogP contribution in [0.15, 0.2) is 55.1 Å². The van der Waals surface area contributed by atoms with Gasteiger partial charge in [-0.2, -0.15) is 5.26 Å². The molecule has 0 bridgehead atoms. The monoisotopic (exact) mass is 451 g/mol. The third-order valence-electron chi connectivity index (χ3n) is 6.88. The molecule has 0 N–H and O–H groups in total. The predicted octanol–water partition coefficient (Wildman–Crippen LogP) is 3.87. The lowest BCUT2D eigenvalue weighted by Crippen LogP contribution is -2.50. The first-order chi connectivity index (χ1) is 16.3. The maximum Gasteiger partial charge on any atom is 0.259 e. The zero-order valence-electron chi connectivity index (χ0n) is 19.4. The lowest BCUT2D eigenvalue weighted by molar-refractivity contribution is 0.0499. The number of carbonyl (C=O) groups is 2. The second-order valence-corrected chi connectivity index (χ2v) is 9.59. The molecule has 0 radical (unpaired) electrons. The van der Waals surface area contributed by atoms with Crippen molar-refractivity contribution in [3.05, 3.63) is 88.5 Å². The fraction of sp³-hybridized carbons (Fsp3) is 0.296. The Bertz CT molecular complexity index is 1350. The van der Waals surface area contributed by atoms with Crippen molar-refractivity contribution >= 4 is 17.5 Å². The van der Waals surface area contributed by atoms with E-state index in [2.05, 4.69) is 16.0 Å². The number of carbonyl (C=O) groups excluding carboxylic acids is 2. The number of hydrogen-bond donors (Lipinski definition) is 0. The second-order valence-electron chi connectivity index (χ2n) is 9.59. The van der Waals surface area contributed by atoms with Crippen LogP contribution in [0.3, 0.4) is 0 Å². The van der Waals surface area contributed by atoms with Crippen molar-refractivity contribution < 1.29 is 9.59 Å². The molecular weight excluding hydrogens is 426 g/mol. The van der Waals surface area contributed by atoms with Gasteiger partial charge in [0.05, 0.1) is 34.6 Å². The van der Waals surface area contributed by atoms with Gasteiger partial charge in [-0.05, 0) is 80.1 Å². The summed E-state index contributed by atoms with van der Waals surface area (Å²) in [6, 6.07) is 11.2. The summed E-state index contributed by atoms with van der Waals surface area (Å²) in [7, 11) is 0. The molecule has 3 aromatic rings. The van der Waals surface area contributed by atoms with Gasteiger partial charge < -0.3 is 4.90 Å². The van der Waals surface area contributed by atoms with E-state index in [1.54, 1.807) is 41.7 Å². The molecule has 34 heavy (non-hydrogen) atoms. The third-order valence-corrected chi connectivity index (χ3v) is 6.88. The van der Waals surface area contributed by atoms with Gasteiger partial charge in [0.1, 0.15) is 0 Å². The number of aromatic nitrogens is 2. The molecule has 5 rings (SSSR count). The molecule has 1 saturated heterocycles. The Labute approximate surface area is 198 Å². The van der Waals surface area contributed by atoms with Crippen LogP contribution < -0.4 is 4.90 Å². The number of pyridine rings is 2. The van der Waals surface area contributed by atoms with Crippen LogP contribution in [0.1, 0.15) is 56.8 Å². The first kappa shape index (κ1) is 21.8. The van der Waals surface area contributed by atoms with Crippen LogP contribution in [0.5, 0.6) is 0 Å². The first-order valence-corrected chi connectivity index (χ1v) is 11.3. The van der Waals surface area contributed by atoms with E-state index in [-0.39, 0.29) is 11.8 Å². The number of likely N-dealkylation sites (tertiary alicyclic amines) is 1. The van der Waals surface area contributed by atoms with Crippen LogP contribution in [-0.4, -0.2) is 39.8 Å². The van der Waals surface area contributed by atoms with Gasteiger partial charge >= 0.3 is 0 Å². The lowest BCUT2D eigenvalue weighted by Gasteiger charge is -2.39. The molecule has 2 amide bonds. The summed E-state index contributed by atoms with van der Waals surface area (Å²) in [6.07, 6.45) is 7.64. The normalized spacial score (nSPS) is 16.7. The standard InChI is InChI=1S/C27H25N5O2/c1-17-6-7-29-14-23(17)25(33)31-15-20(16-31)8-19-9-21(13-30-12-19)32-26(34)22-5-4-18(11-28)10-24(22)27(32,2)3/h4-7,9-10,12-14,20H,8,15-16H2,1-3H3. The third kappa shape index (κ3) is 3.52. The number of rotatable bonds is 4. The van der Waals surface area contributed by atoms with Gasteiger partial charge in [-0.25, -0.2) is 0 Å². The summed E-state index contributed by atoms with van der Waals surface area (Å²) in [6.45, 7) is 7.27. The molecule has 1 fully saturated rings. The fourth-order valence-corrected chi connectivity index (χ4v) is 5.01. The molecule has 7 nitrogen and oxygen atoms in total. The van der Waals surface area contributed by atoms with Crippen LogP contribution in [-0.2, 0) is 12.0 Å². The van der Waals surface area contributed by atoms with Gasteiger partial charge in [0.2, 0.25) is 0 Å². The van der Waals surface area contributed by atoms with E-state index in [9.17, 15) is 14.9 Å². The molecular formula is C27H25N5O2. The average Bonchev–Trinajstić information content (AvgIpc) is 3.00. The van der Waals surface area contributed by atoms with E-state index in [4.69, 9.17) is 0 Å². The number of aryl methyl sites for hydroxylation is 1. The van der Waals surface area contributed by atoms with Crippen molar-refractivity contribution in [2.75, 3.05) is 18.0 Å². The van der Waals surface area contributed by atoms with E-state index >= 15 is 0 Å². The zero-order chi connectivity index (χ0) is 24.0. The molecule has 4 heterocycles. The van der Waals surface area contributed by atoms with E-state index in [0.29, 0.717) is 35.7 Å². The second kappa shape index (κ2) is 8.07. The van der Waals surface area contributed by atoms with E-state index in [1.807, 2.05) is 44.0 Å². The molecule has 0 atom stereocenters. The number of nitrogens with zero attached hydrogens (tertiary/aromatic N) is 5. The Morgan fingerprint density at radius 3 is 2.68 bits per heavy atom. The number of nitriles is 1. The number of fused-ring (bicyclic) bond motifs is 1. The Kier molecular flexibility index (Phi) is 5.17. The Morgan fingerprint density at radius 1 is 1.15 bits per heavy atom. The van der Waals surface area contributed by atoms with Crippen molar-refractivity contribution in [1.82, 2.24) is 14.9 Å². The maximum atomic E-state index is 13.3. The zero-order valence-corrected chi connectivity index (χ0v) is 19.4. The SMILES string of the molecule is Cc1ccncc1C(=O)N1CC(Cc2cncc(N3C(=O)c4ccc(C#N)cc4C3(C)C)c2)C1. The van der Waals surface area contributed by atoms with Gasteiger partial charge in [-0.1, -0.05) is 0 Å². The molecule has 2 aliphatic heterocycles. The van der Waals surface area contributed by atoms with E-state index in [1.165, 1.54) is 0 Å². The fourth-order valence-electron chi connectivity index (χ4n) is 5.01. The number of benzene rings is 1. The Morgan fingerprint density at radius 2 is 1.94 bits per heavy atom. The predicted molar refractivity (Wildman–Crippen MR) is 127 cm³/mol. The van der Waals surface area contributed by atoms with Crippen molar-refractivity contribution in [3.8, 4) is 6.07 Å². The highest BCUT2D eigenvalue weighted by Crippen LogP contribution is 2.42.